The first kappa shape index (κ1) is 25.6. The number of amides is 1. The third kappa shape index (κ3) is 6.90. The van der Waals surface area contributed by atoms with E-state index in [1.54, 1.807) is 19.1 Å². The van der Waals surface area contributed by atoms with Gasteiger partial charge in [-0.3, -0.25) is 4.79 Å². The number of hydrogen-bond acceptors (Lipinski definition) is 6. The molecule has 1 aromatic rings. The van der Waals surface area contributed by atoms with Crippen molar-refractivity contribution in [3.8, 4) is 6.07 Å². The Morgan fingerprint density at radius 3 is 2.31 bits per heavy atom. The highest BCUT2D eigenvalue weighted by Crippen LogP contribution is 2.21. The van der Waals surface area contributed by atoms with Gasteiger partial charge in [0.2, 0.25) is 10.0 Å². The minimum Gasteiger partial charge on any atom is -0.452 e. The van der Waals surface area contributed by atoms with Crippen LogP contribution in [0.1, 0.15) is 52.0 Å². The average molecular weight is 462 g/mol. The van der Waals surface area contributed by atoms with E-state index in [-0.39, 0.29) is 10.8 Å². The lowest BCUT2D eigenvalue weighted by atomic mass is 9.90. The van der Waals surface area contributed by atoms with Crippen LogP contribution in [0.5, 0.6) is 0 Å². The lowest BCUT2D eigenvalue weighted by Crippen LogP contribution is -2.50. The van der Waals surface area contributed by atoms with E-state index in [9.17, 15) is 23.3 Å². The van der Waals surface area contributed by atoms with Crippen molar-refractivity contribution < 1.29 is 22.7 Å². The molecule has 0 aliphatic carbocycles. The Hall–Kier alpha value is -2.70. The van der Waals surface area contributed by atoms with Gasteiger partial charge in [0.05, 0.1) is 11.0 Å². The van der Waals surface area contributed by atoms with Gasteiger partial charge in [0, 0.05) is 19.2 Å². The SMILES string of the molecule is CC(C)C(C)(C#N)NC(=O)COC(=O)/C=C/c1ccc(S(=O)(=O)N2CCCCCC2)cc1. The number of esters is 1. The Kier molecular flexibility index (Phi) is 8.99. The topological polar surface area (TPSA) is 117 Å². The molecule has 1 heterocycles. The monoisotopic (exact) mass is 461 g/mol. The number of carbonyl (C=O) groups is 2. The first-order valence-electron chi connectivity index (χ1n) is 10.8. The largest absolute Gasteiger partial charge is 0.452 e. The van der Waals surface area contributed by atoms with Crippen LogP contribution >= 0.6 is 0 Å². The Balaban J connectivity index is 1.91. The second kappa shape index (κ2) is 11.2. The van der Waals surface area contributed by atoms with Gasteiger partial charge in [-0.2, -0.15) is 9.57 Å². The minimum absolute atomic E-state index is 0.113. The molecule has 1 aliphatic heterocycles. The van der Waals surface area contributed by atoms with Crippen LogP contribution in [0.25, 0.3) is 6.08 Å². The van der Waals surface area contributed by atoms with E-state index in [1.807, 2.05) is 19.9 Å². The second-order valence-electron chi connectivity index (χ2n) is 8.35. The maximum Gasteiger partial charge on any atom is 0.331 e. The van der Waals surface area contributed by atoms with Crippen LogP contribution in [-0.2, 0) is 24.3 Å². The van der Waals surface area contributed by atoms with E-state index in [1.165, 1.54) is 22.5 Å². The fourth-order valence-electron chi connectivity index (χ4n) is 3.16. The summed E-state index contributed by atoms with van der Waals surface area (Å²) in [4.78, 5) is 24.1. The molecule has 1 fully saturated rings. The first-order valence-corrected chi connectivity index (χ1v) is 12.2. The van der Waals surface area contributed by atoms with E-state index in [4.69, 9.17) is 4.74 Å². The molecule has 1 atom stereocenters. The predicted octanol–water partition coefficient (Wildman–Crippen LogP) is 2.86. The van der Waals surface area contributed by atoms with Crippen LogP contribution in [0.3, 0.4) is 0 Å². The van der Waals surface area contributed by atoms with Crippen molar-refractivity contribution in [2.24, 2.45) is 5.92 Å². The average Bonchev–Trinajstić information content (AvgIpc) is 3.06. The highest BCUT2D eigenvalue weighted by atomic mass is 32.2. The van der Waals surface area contributed by atoms with Crippen LogP contribution in [0.2, 0.25) is 0 Å². The van der Waals surface area contributed by atoms with E-state index in [0.29, 0.717) is 18.7 Å². The first-order chi connectivity index (χ1) is 15.1. The Labute approximate surface area is 190 Å². The van der Waals surface area contributed by atoms with Crippen molar-refractivity contribution in [3.63, 3.8) is 0 Å². The standard InChI is InChI=1S/C23H31N3O5S/c1-18(2)23(3,17-24)25-21(27)16-31-22(28)13-10-19-8-11-20(12-9-19)32(29,30)26-14-6-4-5-7-15-26/h8-13,18H,4-7,14-16H2,1-3H3,(H,25,27)/b13-10+. The second-order valence-corrected chi connectivity index (χ2v) is 10.3. The van der Waals surface area contributed by atoms with Crippen LogP contribution in [0.4, 0.5) is 0 Å². The van der Waals surface area contributed by atoms with Crippen molar-refractivity contribution in [1.29, 1.82) is 5.26 Å². The van der Waals surface area contributed by atoms with Crippen LogP contribution < -0.4 is 5.32 Å². The van der Waals surface area contributed by atoms with Crippen molar-refractivity contribution in [2.45, 2.75) is 56.9 Å². The smallest absolute Gasteiger partial charge is 0.331 e. The summed E-state index contributed by atoms with van der Waals surface area (Å²) in [5, 5.41) is 11.8. The maximum absolute atomic E-state index is 12.8. The molecule has 0 aromatic heterocycles. The lowest BCUT2D eigenvalue weighted by Gasteiger charge is -2.27. The number of rotatable bonds is 8. The Bertz CT molecular complexity index is 972. The molecule has 2 rings (SSSR count). The van der Waals surface area contributed by atoms with E-state index >= 15 is 0 Å². The third-order valence-corrected chi connectivity index (χ3v) is 7.54. The molecule has 0 radical (unpaired) electrons. The molecule has 1 amide bonds. The molecule has 174 valence electrons. The quantitative estimate of drug-likeness (QED) is 0.470. The Morgan fingerprint density at radius 1 is 1.19 bits per heavy atom. The molecular formula is C23H31N3O5S. The summed E-state index contributed by atoms with van der Waals surface area (Å²) in [6.45, 7) is 5.79. The van der Waals surface area contributed by atoms with E-state index < -0.39 is 34.0 Å². The van der Waals surface area contributed by atoms with Gasteiger partial charge in [-0.1, -0.05) is 38.8 Å². The molecule has 1 unspecified atom stereocenters. The molecule has 8 nitrogen and oxygen atoms in total. The highest BCUT2D eigenvalue weighted by molar-refractivity contribution is 7.89. The summed E-state index contributed by atoms with van der Waals surface area (Å²) in [5.74, 6) is -1.39. The van der Waals surface area contributed by atoms with Crippen LogP contribution in [0, 0.1) is 17.2 Å². The van der Waals surface area contributed by atoms with Gasteiger partial charge in [0.25, 0.3) is 5.91 Å². The summed E-state index contributed by atoms with van der Waals surface area (Å²) in [6, 6.07) is 8.32. The van der Waals surface area contributed by atoms with E-state index in [2.05, 4.69) is 5.32 Å². The van der Waals surface area contributed by atoms with Crippen molar-refractivity contribution in [3.05, 3.63) is 35.9 Å². The number of carbonyl (C=O) groups excluding carboxylic acids is 2. The third-order valence-electron chi connectivity index (χ3n) is 5.63. The molecule has 9 heteroatoms. The van der Waals surface area contributed by atoms with E-state index in [0.717, 1.165) is 31.8 Å². The predicted molar refractivity (Wildman–Crippen MR) is 121 cm³/mol. The molecular weight excluding hydrogens is 430 g/mol. The van der Waals surface area contributed by atoms with Crippen LogP contribution in [-0.4, -0.2) is 49.8 Å². The normalized spacial score (nSPS) is 17.3. The number of nitrogens with one attached hydrogen (secondary N) is 1. The number of hydrogen-bond donors (Lipinski definition) is 1. The molecule has 1 aliphatic rings. The molecule has 1 saturated heterocycles. The number of nitriles is 1. The summed E-state index contributed by atoms with van der Waals surface area (Å²) in [5.41, 5.74) is -0.424. The van der Waals surface area contributed by atoms with Gasteiger partial charge in [0.1, 0.15) is 5.54 Å². The number of ether oxygens (including phenoxy) is 1. The summed E-state index contributed by atoms with van der Waals surface area (Å²) in [6.07, 6.45) is 6.47. The summed E-state index contributed by atoms with van der Waals surface area (Å²) >= 11 is 0. The van der Waals surface area contributed by atoms with Gasteiger partial charge in [-0.25, -0.2) is 13.2 Å². The fourth-order valence-corrected chi connectivity index (χ4v) is 4.68. The zero-order valence-corrected chi connectivity index (χ0v) is 19.7. The zero-order chi connectivity index (χ0) is 23.8. The van der Waals surface area contributed by atoms with Gasteiger partial charge in [-0.05, 0) is 49.5 Å². The summed E-state index contributed by atoms with van der Waals surface area (Å²) < 4.78 is 32.1. The molecule has 32 heavy (non-hydrogen) atoms. The van der Waals surface area contributed by atoms with Gasteiger partial charge < -0.3 is 10.1 Å². The number of sulfonamides is 1. The molecule has 0 bridgehead atoms. The summed E-state index contributed by atoms with van der Waals surface area (Å²) in [7, 11) is -3.52. The number of benzene rings is 1. The minimum atomic E-state index is -3.52. The Morgan fingerprint density at radius 2 is 1.78 bits per heavy atom. The molecule has 1 N–H and O–H groups in total. The lowest BCUT2D eigenvalue weighted by molar-refractivity contribution is -0.144. The van der Waals surface area contributed by atoms with Crippen molar-refractivity contribution in [1.82, 2.24) is 9.62 Å². The van der Waals surface area contributed by atoms with Crippen LogP contribution in [0.15, 0.2) is 35.2 Å². The van der Waals surface area contributed by atoms with Gasteiger partial charge in [0.15, 0.2) is 6.61 Å². The maximum atomic E-state index is 12.8. The highest BCUT2D eigenvalue weighted by Gasteiger charge is 2.30. The van der Waals surface area contributed by atoms with Crippen molar-refractivity contribution in [2.75, 3.05) is 19.7 Å². The fraction of sp³-hybridized carbons (Fsp3) is 0.522. The number of nitrogens with zero attached hydrogens (tertiary/aromatic N) is 2. The zero-order valence-electron chi connectivity index (χ0n) is 18.8. The van der Waals surface area contributed by atoms with Crippen molar-refractivity contribution >= 4 is 28.0 Å². The van der Waals surface area contributed by atoms with Gasteiger partial charge >= 0.3 is 5.97 Å². The molecule has 0 spiro atoms. The van der Waals surface area contributed by atoms with Gasteiger partial charge in [-0.15, -0.1) is 0 Å². The molecule has 0 saturated carbocycles. The molecule has 1 aromatic carbocycles.